The fraction of sp³-hybridized carbons (Fsp3) is 0. The molecular formula is C14H8N2O4S. The van der Waals surface area contributed by atoms with Gasteiger partial charge in [0, 0.05) is 12.1 Å². The Balaban J connectivity index is 1.89. The van der Waals surface area contributed by atoms with E-state index in [9.17, 15) is 14.9 Å². The molecule has 2 heterocycles. The van der Waals surface area contributed by atoms with E-state index in [1.165, 1.54) is 29.5 Å². The molecule has 0 saturated carbocycles. The molecule has 7 heteroatoms. The predicted molar refractivity (Wildman–Crippen MR) is 78.0 cm³/mol. The van der Waals surface area contributed by atoms with E-state index in [1.54, 1.807) is 12.1 Å². The van der Waals surface area contributed by atoms with Crippen LogP contribution in [0.3, 0.4) is 0 Å². The van der Waals surface area contributed by atoms with Gasteiger partial charge in [0.2, 0.25) is 5.90 Å². The number of carbonyl (C=O) groups is 1. The largest absolute Gasteiger partial charge is 0.401 e. The number of rotatable bonds is 3. The number of hydrogen-bond donors (Lipinski definition) is 0. The summed E-state index contributed by atoms with van der Waals surface area (Å²) in [6.07, 6.45) is 1.53. The molecular weight excluding hydrogens is 292 g/mol. The first kappa shape index (κ1) is 13.2. The van der Waals surface area contributed by atoms with Gasteiger partial charge in [-0.3, -0.25) is 10.1 Å². The van der Waals surface area contributed by atoms with Crippen molar-refractivity contribution in [2.75, 3.05) is 0 Å². The van der Waals surface area contributed by atoms with Crippen LogP contribution in [0.15, 0.2) is 52.5 Å². The summed E-state index contributed by atoms with van der Waals surface area (Å²) >= 11 is 1.43. The van der Waals surface area contributed by atoms with Gasteiger partial charge in [0.15, 0.2) is 5.70 Å². The van der Waals surface area contributed by atoms with Crippen molar-refractivity contribution in [3.8, 4) is 0 Å². The molecule has 1 aliphatic rings. The normalized spacial score (nSPS) is 15.9. The van der Waals surface area contributed by atoms with Gasteiger partial charge >= 0.3 is 5.97 Å². The molecule has 6 nitrogen and oxygen atoms in total. The van der Waals surface area contributed by atoms with E-state index in [0.29, 0.717) is 5.56 Å². The molecule has 1 aromatic heterocycles. The number of hydrogen-bond acceptors (Lipinski definition) is 6. The zero-order valence-corrected chi connectivity index (χ0v) is 11.4. The van der Waals surface area contributed by atoms with Gasteiger partial charge in [-0.1, -0.05) is 6.07 Å². The Bertz CT molecular complexity index is 761. The van der Waals surface area contributed by atoms with E-state index in [2.05, 4.69) is 4.99 Å². The molecule has 0 radical (unpaired) electrons. The maximum atomic E-state index is 11.8. The summed E-state index contributed by atoms with van der Waals surface area (Å²) in [7, 11) is 0. The number of carbonyl (C=O) groups excluding carboxylic acids is 1. The van der Waals surface area contributed by atoms with E-state index in [-0.39, 0.29) is 17.3 Å². The smallest absolute Gasteiger partial charge is 0.363 e. The zero-order valence-electron chi connectivity index (χ0n) is 10.6. The first-order chi connectivity index (χ1) is 10.1. The summed E-state index contributed by atoms with van der Waals surface area (Å²) in [5, 5.41) is 12.4. The van der Waals surface area contributed by atoms with E-state index in [1.807, 2.05) is 17.5 Å². The van der Waals surface area contributed by atoms with E-state index in [0.717, 1.165) is 4.88 Å². The van der Waals surface area contributed by atoms with Crippen LogP contribution >= 0.6 is 11.3 Å². The average Bonchev–Trinajstić information content (AvgIpc) is 3.10. The fourth-order valence-corrected chi connectivity index (χ4v) is 2.41. The minimum absolute atomic E-state index is 0.00563. The maximum absolute atomic E-state index is 11.8. The van der Waals surface area contributed by atoms with Crippen LogP contribution in [0.25, 0.3) is 6.08 Å². The predicted octanol–water partition coefficient (Wildman–Crippen LogP) is 3.00. The highest BCUT2D eigenvalue weighted by molar-refractivity contribution is 7.12. The molecule has 0 fully saturated rings. The summed E-state index contributed by atoms with van der Waals surface area (Å²) in [4.78, 5) is 26.8. The van der Waals surface area contributed by atoms with Crippen molar-refractivity contribution in [2.45, 2.75) is 0 Å². The monoisotopic (exact) mass is 300 g/mol. The van der Waals surface area contributed by atoms with E-state index in [4.69, 9.17) is 4.74 Å². The van der Waals surface area contributed by atoms with Crippen molar-refractivity contribution in [2.24, 2.45) is 4.99 Å². The molecule has 2 aromatic rings. The Morgan fingerprint density at radius 1 is 1.24 bits per heavy atom. The van der Waals surface area contributed by atoms with Crippen LogP contribution in [-0.2, 0) is 9.53 Å². The Labute approximate surface area is 123 Å². The topological polar surface area (TPSA) is 81.8 Å². The van der Waals surface area contributed by atoms with Crippen LogP contribution in [0.2, 0.25) is 0 Å². The van der Waals surface area contributed by atoms with Crippen LogP contribution in [0.1, 0.15) is 10.4 Å². The number of aliphatic imine (C=N–C) groups is 1. The molecule has 1 aliphatic heterocycles. The Morgan fingerprint density at radius 3 is 2.62 bits per heavy atom. The van der Waals surface area contributed by atoms with Crippen molar-refractivity contribution < 1.29 is 14.5 Å². The van der Waals surface area contributed by atoms with Gasteiger partial charge in [0.25, 0.3) is 5.69 Å². The first-order valence-electron chi connectivity index (χ1n) is 5.94. The van der Waals surface area contributed by atoms with Gasteiger partial charge < -0.3 is 4.74 Å². The van der Waals surface area contributed by atoms with Crippen LogP contribution in [0.5, 0.6) is 0 Å². The summed E-state index contributed by atoms with van der Waals surface area (Å²) in [5.74, 6) is -0.250. The third-order valence-electron chi connectivity index (χ3n) is 2.76. The molecule has 0 bridgehead atoms. The van der Waals surface area contributed by atoms with Gasteiger partial charge in [-0.15, -0.1) is 11.3 Å². The van der Waals surface area contributed by atoms with Crippen LogP contribution in [-0.4, -0.2) is 16.8 Å². The molecule has 0 unspecified atom stereocenters. The van der Waals surface area contributed by atoms with Crippen LogP contribution < -0.4 is 0 Å². The number of nitro groups is 1. The minimum Gasteiger partial charge on any atom is -0.401 e. The number of cyclic esters (lactones) is 1. The van der Waals surface area contributed by atoms with Crippen molar-refractivity contribution >= 4 is 35.0 Å². The Morgan fingerprint density at radius 2 is 2.00 bits per heavy atom. The van der Waals surface area contributed by atoms with Crippen LogP contribution in [0, 0.1) is 10.1 Å². The Kier molecular flexibility index (Phi) is 3.33. The number of nitrogens with zero attached hydrogens (tertiary/aromatic N) is 2. The highest BCUT2D eigenvalue weighted by Gasteiger charge is 2.24. The number of esters is 1. The lowest BCUT2D eigenvalue weighted by Gasteiger charge is -1.94. The Hall–Kier alpha value is -2.80. The summed E-state index contributed by atoms with van der Waals surface area (Å²) < 4.78 is 5.10. The lowest BCUT2D eigenvalue weighted by atomic mass is 10.2. The second-order valence-electron chi connectivity index (χ2n) is 4.16. The summed E-state index contributed by atoms with van der Waals surface area (Å²) in [6.45, 7) is 0. The van der Waals surface area contributed by atoms with E-state index < -0.39 is 10.9 Å². The third-order valence-corrected chi connectivity index (χ3v) is 3.62. The molecule has 104 valence electrons. The number of nitro benzene ring substituents is 1. The third kappa shape index (κ3) is 2.72. The molecule has 1 aromatic carbocycles. The van der Waals surface area contributed by atoms with Crippen molar-refractivity contribution in [3.05, 3.63) is 68.0 Å². The van der Waals surface area contributed by atoms with Gasteiger partial charge in [0.1, 0.15) is 0 Å². The van der Waals surface area contributed by atoms with Crippen molar-refractivity contribution in [1.29, 1.82) is 0 Å². The SMILES string of the molecule is O=C1OC(c2cccs2)=NC1=Cc1ccc([N+](=O)[O-])cc1. The zero-order chi connectivity index (χ0) is 14.8. The van der Waals surface area contributed by atoms with Gasteiger partial charge in [-0.05, 0) is 35.2 Å². The minimum atomic E-state index is -0.531. The first-order valence-corrected chi connectivity index (χ1v) is 6.82. The van der Waals surface area contributed by atoms with Gasteiger partial charge in [0.05, 0.1) is 9.80 Å². The molecule has 0 atom stereocenters. The standard InChI is InChI=1S/C14H8N2O4S/c17-14-11(15-13(20-14)12-2-1-7-21-12)8-9-3-5-10(6-4-9)16(18)19/h1-8H. The van der Waals surface area contributed by atoms with Crippen molar-refractivity contribution in [1.82, 2.24) is 0 Å². The number of non-ortho nitro benzene ring substituents is 1. The summed E-state index contributed by atoms with van der Waals surface area (Å²) in [5.41, 5.74) is 0.810. The molecule has 0 amide bonds. The van der Waals surface area contributed by atoms with Crippen LogP contribution in [0.4, 0.5) is 5.69 Å². The quantitative estimate of drug-likeness (QED) is 0.377. The van der Waals surface area contributed by atoms with Gasteiger partial charge in [-0.2, -0.15) is 0 Å². The van der Waals surface area contributed by atoms with E-state index >= 15 is 0 Å². The lowest BCUT2D eigenvalue weighted by Crippen LogP contribution is -2.03. The molecule has 0 N–H and O–H groups in total. The van der Waals surface area contributed by atoms with Crippen molar-refractivity contribution in [3.63, 3.8) is 0 Å². The molecule has 0 saturated heterocycles. The highest BCUT2D eigenvalue weighted by Crippen LogP contribution is 2.22. The number of ether oxygens (including phenoxy) is 1. The lowest BCUT2D eigenvalue weighted by molar-refractivity contribution is -0.384. The number of thiophene rings is 1. The van der Waals surface area contributed by atoms with Gasteiger partial charge in [-0.25, -0.2) is 9.79 Å². The maximum Gasteiger partial charge on any atom is 0.363 e. The molecule has 0 aliphatic carbocycles. The molecule has 3 rings (SSSR count). The second kappa shape index (κ2) is 5.29. The fourth-order valence-electron chi connectivity index (χ4n) is 1.76. The number of benzene rings is 1. The second-order valence-corrected chi connectivity index (χ2v) is 5.11. The highest BCUT2D eigenvalue weighted by atomic mass is 32.1. The molecule has 21 heavy (non-hydrogen) atoms. The summed E-state index contributed by atoms with van der Waals surface area (Å²) in [6, 6.07) is 9.50. The average molecular weight is 300 g/mol. The molecule has 0 spiro atoms.